The molecular weight excluding hydrogens is 272 g/mol. The van der Waals surface area contributed by atoms with Crippen LogP contribution in [0.25, 0.3) is 0 Å². The molecule has 0 radical (unpaired) electrons. The second-order valence-electron chi connectivity index (χ2n) is 6.27. The third-order valence-electron chi connectivity index (χ3n) is 4.78. The number of carboxylic acids is 1. The predicted octanol–water partition coefficient (Wildman–Crippen LogP) is 0.860. The molecule has 21 heavy (non-hydrogen) atoms. The van der Waals surface area contributed by atoms with Crippen molar-refractivity contribution in [1.82, 2.24) is 10.2 Å². The topological polar surface area (TPSA) is 86.7 Å². The van der Waals surface area contributed by atoms with Crippen LogP contribution < -0.4 is 5.32 Å². The Kier molecular flexibility index (Phi) is 4.85. The third-order valence-corrected chi connectivity index (χ3v) is 4.78. The summed E-state index contributed by atoms with van der Waals surface area (Å²) in [6.07, 6.45) is 2.94. The Labute approximate surface area is 124 Å². The van der Waals surface area contributed by atoms with E-state index in [2.05, 4.69) is 5.32 Å². The van der Waals surface area contributed by atoms with Crippen LogP contribution in [0.2, 0.25) is 0 Å². The molecule has 0 spiro atoms. The highest BCUT2D eigenvalue weighted by Gasteiger charge is 2.44. The average molecular weight is 296 g/mol. The molecule has 1 aliphatic heterocycles. The van der Waals surface area contributed by atoms with Crippen molar-refractivity contribution in [2.24, 2.45) is 17.8 Å². The third kappa shape index (κ3) is 3.54. The molecule has 6 heteroatoms. The fraction of sp³-hybridized carbons (Fsp3) is 0.800. The summed E-state index contributed by atoms with van der Waals surface area (Å²) in [6, 6.07) is -0.00176. The Morgan fingerprint density at radius 2 is 1.90 bits per heavy atom. The van der Waals surface area contributed by atoms with Gasteiger partial charge in [-0.1, -0.05) is 13.3 Å². The van der Waals surface area contributed by atoms with Gasteiger partial charge in [-0.05, 0) is 25.2 Å². The zero-order valence-corrected chi connectivity index (χ0v) is 12.7. The van der Waals surface area contributed by atoms with Gasteiger partial charge >= 0.3 is 5.97 Å². The summed E-state index contributed by atoms with van der Waals surface area (Å²) >= 11 is 0. The second kappa shape index (κ2) is 6.45. The average Bonchev–Trinajstić information content (AvgIpc) is 3.03. The van der Waals surface area contributed by atoms with Crippen LogP contribution in [0, 0.1) is 17.8 Å². The van der Waals surface area contributed by atoms with Crippen molar-refractivity contribution < 1.29 is 19.5 Å². The number of amides is 2. The van der Waals surface area contributed by atoms with E-state index in [1.807, 2.05) is 6.92 Å². The van der Waals surface area contributed by atoms with E-state index in [1.165, 1.54) is 6.92 Å². The zero-order valence-electron chi connectivity index (χ0n) is 12.7. The van der Waals surface area contributed by atoms with Gasteiger partial charge in [0.1, 0.15) is 0 Å². The van der Waals surface area contributed by atoms with Gasteiger partial charge < -0.3 is 15.3 Å². The number of carbonyl (C=O) groups is 3. The normalized spacial score (nSPS) is 32.2. The van der Waals surface area contributed by atoms with Gasteiger partial charge in [-0.15, -0.1) is 0 Å². The van der Waals surface area contributed by atoms with Crippen molar-refractivity contribution in [3.8, 4) is 0 Å². The van der Waals surface area contributed by atoms with Crippen LogP contribution in [-0.4, -0.2) is 46.9 Å². The maximum atomic E-state index is 12.6. The molecular formula is C15H24N2O4. The lowest BCUT2D eigenvalue weighted by molar-refractivity contribution is -0.148. The number of nitrogens with zero attached hydrogens (tertiary/aromatic N) is 1. The Morgan fingerprint density at radius 1 is 1.24 bits per heavy atom. The molecule has 4 atom stereocenters. The highest BCUT2D eigenvalue weighted by atomic mass is 16.4. The zero-order chi connectivity index (χ0) is 15.6. The van der Waals surface area contributed by atoms with Gasteiger partial charge in [0.15, 0.2) is 0 Å². The highest BCUT2D eigenvalue weighted by molar-refractivity contribution is 5.85. The molecule has 2 fully saturated rings. The van der Waals surface area contributed by atoms with Crippen LogP contribution >= 0.6 is 0 Å². The Hall–Kier alpha value is -1.59. The molecule has 2 unspecified atom stereocenters. The van der Waals surface area contributed by atoms with Gasteiger partial charge in [0, 0.05) is 26.1 Å². The minimum absolute atomic E-state index is 0.00176. The molecule has 0 aromatic heterocycles. The lowest BCUT2D eigenvalue weighted by atomic mass is 9.95. The molecule has 2 rings (SSSR count). The summed E-state index contributed by atoms with van der Waals surface area (Å²) in [5.74, 6) is -1.63. The number of hydrogen-bond acceptors (Lipinski definition) is 3. The summed E-state index contributed by atoms with van der Waals surface area (Å²) < 4.78 is 0. The maximum absolute atomic E-state index is 12.6. The highest BCUT2D eigenvalue weighted by Crippen LogP contribution is 2.39. The summed E-state index contributed by atoms with van der Waals surface area (Å²) in [7, 11) is 0. The van der Waals surface area contributed by atoms with E-state index in [1.54, 1.807) is 4.90 Å². The Balaban J connectivity index is 1.99. The van der Waals surface area contributed by atoms with E-state index in [-0.39, 0.29) is 17.9 Å². The monoisotopic (exact) mass is 296 g/mol. The molecule has 6 nitrogen and oxygen atoms in total. The summed E-state index contributed by atoms with van der Waals surface area (Å²) in [5.41, 5.74) is 0. The fourth-order valence-corrected chi connectivity index (χ4v) is 3.62. The van der Waals surface area contributed by atoms with Crippen LogP contribution in [0.1, 0.15) is 39.5 Å². The lowest BCUT2D eigenvalue weighted by Crippen LogP contribution is -2.41. The Bertz CT molecular complexity index is 437. The number of nitrogens with one attached hydrogen (secondary N) is 1. The smallest absolute Gasteiger partial charge is 0.307 e. The molecule has 2 aliphatic rings. The molecule has 0 bridgehead atoms. The number of carboxylic acid groups (broad SMARTS) is 1. The minimum Gasteiger partial charge on any atom is -0.481 e. The fourth-order valence-electron chi connectivity index (χ4n) is 3.62. The summed E-state index contributed by atoms with van der Waals surface area (Å²) in [6.45, 7) is 4.61. The van der Waals surface area contributed by atoms with Crippen molar-refractivity contribution in [2.45, 2.75) is 45.6 Å². The summed E-state index contributed by atoms with van der Waals surface area (Å²) in [5, 5.41) is 12.2. The van der Waals surface area contributed by atoms with E-state index < -0.39 is 17.8 Å². The molecule has 2 amide bonds. The SMILES string of the molecule is CCC1C[C@H](C(=O)N2CCC(NC(C)=O)C2)[C@H](C(=O)O)C1. The van der Waals surface area contributed by atoms with E-state index in [4.69, 9.17) is 0 Å². The molecule has 1 saturated heterocycles. The predicted molar refractivity (Wildman–Crippen MR) is 76.4 cm³/mol. The van der Waals surface area contributed by atoms with E-state index in [0.717, 1.165) is 12.8 Å². The summed E-state index contributed by atoms with van der Waals surface area (Å²) in [4.78, 5) is 36.8. The van der Waals surface area contributed by atoms with Crippen LogP contribution in [-0.2, 0) is 14.4 Å². The van der Waals surface area contributed by atoms with Crippen molar-refractivity contribution in [3.05, 3.63) is 0 Å². The number of hydrogen-bond donors (Lipinski definition) is 2. The molecule has 0 aromatic rings. The first kappa shape index (κ1) is 15.8. The van der Waals surface area contributed by atoms with E-state index >= 15 is 0 Å². The van der Waals surface area contributed by atoms with Crippen molar-refractivity contribution in [1.29, 1.82) is 0 Å². The quantitative estimate of drug-likeness (QED) is 0.805. The van der Waals surface area contributed by atoms with Crippen LogP contribution in [0.3, 0.4) is 0 Å². The van der Waals surface area contributed by atoms with Crippen LogP contribution in [0.5, 0.6) is 0 Å². The first-order valence-corrected chi connectivity index (χ1v) is 7.71. The van der Waals surface area contributed by atoms with Crippen LogP contribution in [0.15, 0.2) is 0 Å². The largest absolute Gasteiger partial charge is 0.481 e. The first-order chi connectivity index (χ1) is 9.92. The van der Waals surface area contributed by atoms with Gasteiger partial charge in [0.2, 0.25) is 11.8 Å². The van der Waals surface area contributed by atoms with Crippen molar-refractivity contribution >= 4 is 17.8 Å². The molecule has 1 saturated carbocycles. The number of aliphatic carboxylic acids is 1. The number of likely N-dealkylation sites (tertiary alicyclic amines) is 1. The Morgan fingerprint density at radius 3 is 2.48 bits per heavy atom. The molecule has 118 valence electrons. The number of rotatable bonds is 4. The molecule has 1 aliphatic carbocycles. The second-order valence-corrected chi connectivity index (χ2v) is 6.27. The minimum atomic E-state index is -0.859. The van der Waals surface area contributed by atoms with Gasteiger partial charge in [-0.25, -0.2) is 0 Å². The van der Waals surface area contributed by atoms with Crippen molar-refractivity contribution in [2.75, 3.05) is 13.1 Å². The van der Waals surface area contributed by atoms with Gasteiger partial charge in [0.25, 0.3) is 0 Å². The van der Waals surface area contributed by atoms with E-state index in [9.17, 15) is 19.5 Å². The van der Waals surface area contributed by atoms with Gasteiger partial charge in [0.05, 0.1) is 11.8 Å². The molecule has 2 N–H and O–H groups in total. The molecule has 0 aromatic carbocycles. The van der Waals surface area contributed by atoms with Crippen molar-refractivity contribution in [3.63, 3.8) is 0 Å². The maximum Gasteiger partial charge on any atom is 0.307 e. The standard InChI is InChI=1S/C15H24N2O4/c1-3-10-6-12(13(7-10)15(20)21)14(19)17-5-4-11(8-17)16-9(2)18/h10-13H,3-8H2,1-2H3,(H,16,18)(H,20,21)/t10?,11?,12-,13+/m0/s1. The number of carbonyl (C=O) groups excluding carboxylic acids is 2. The molecule has 1 heterocycles. The van der Waals surface area contributed by atoms with E-state index in [0.29, 0.717) is 31.8 Å². The first-order valence-electron chi connectivity index (χ1n) is 7.71. The van der Waals surface area contributed by atoms with Crippen LogP contribution in [0.4, 0.5) is 0 Å². The van der Waals surface area contributed by atoms with Gasteiger partial charge in [-0.2, -0.15) is 0 Å². The lowest BCUT2D eigenvalue weighted by Gasteiger charge is -2.23. The van der Waals surface area contributed by atoms with Gasteiger partial charge in [-0.3, -0.25) is 14.4 Å².